The standard InChI is InChI=1S/C57H35N5/c1-3-16-36(17-4-1)55-58-56(37-18-5-2-6-19-37)60-57(59-55)62-50-29-14-12-27-47(50)54-52(62)33-32-51-53(54)46-26-11-13-28-49(46)61(51)40-21-15-20-38(34-40)39-30-31-45-43-24-8-7-22-41(43)42-23-9-10-25-44(42)48(45)35-39/h1-35H. The molecule has 0 radical (unpaired) electrons. The van der Waals surface area contributed by atoms with Crippen molar-refractivity contribution < 1.29 is 0 Å². The Morgan fingerprint density at radius 2 is 0.694 bits per heavy atom. The van der Waals surface area contributed by atoms with Gasteiger partial charge in [0.15, 0.2) is 11.6 Å². The van der Waals surface area contributed by atoms with E-state index in [1.807, 2.05) is 36.4 Å². The fourth-order valence-electron chi connectivity index (χ4n) is 9.82. The van der Waals surface area contributed by atoms with Crippen LogP contribution in [0, 0.1) is 0 Å². The minimum absolute atomic E-state index is 0.579. The predicted molar refractivity (Wildman–Crippen MR) is 257 cm³/mol. The van der Waals surface area contributed by atoms with Crippen LogP contribution in [0.15, 0.2) is 212 Å². The average Bonchev–Trinajstić information content (AvgIpc) is 3.87. The van der Waals surface area contributed by atoms with E-state index in [9.17, 15) is 0 Å². The van der Waals surface area contributed by atoms with Gasteiger partial charge in [-0.05, 0) is 85.9 Å². The van der Waals surface area contributed by atoms with Gasteiger partial charge in [-0.2, -0.15) is 9.97 Å². The lowest BCUT2D eigenvalue weighted by molar-refractivity contribution is 0.953. The molecule has 13 rings (SSSR count). The summed E-state index contributed by atoms with van der Waals surface area (Å²) in [4.78, 5) is 15.4. The van der Waals surface area contributed by atoms with Crippen molar-refractivity contribution in [3.8, 4) is 45.5 Å². The van der Waals surface area contributed by atoms with Gasteiger partial charge in [-0.25, -0.2) is 4.98 Å². The number of hydrogen-bond donors (Lipinski definition) is 0. The van der Waals surface area contributed by atoms with Crippen molar-refractivity contribution in [1.82, 2.24) is 24.1 Å². The summed E-state index contributed by atoms with van der Waals surface area (Å²) in [6.07, 6.45) is 0. The molecule has 3 aromatic heterocycles. The van der Waals surface area contributed by atoms with Crippen LogP contribution >= 0.6 is 0 Å². The minimum atomic E-state index is 0.579. The lowest BCUT2D eigenvalue weighted by Gasteiger charge is -2.13. The molecule has 5 nitrogen and oxygen atoms in total. The van der Waals surface area contributed by atoms with Crippen LogP contribution in [0.1, 0.15) is 0 Å². The summed E-state index contributed by atoms with van der Waals surface area (Å²) < 4.78 is 4.64. The van der Waals surface area contributed by atoms with E-state index in [-0.39, 0.29) is 0 Å². The van der Waals surface area contributed by atoms with Gasteiger partial charge in [-0.15, -0.1) is 0 Å². The van der Waals surface area contributed by atoms with Crippen LogP contribution in [0.5, 0.6) is 0 Å². The molecule has 0 bridgehead atoms. The number of nitrogens with zero attached hydrogens (tertiary/aromatic N) is 5. The lowest BCUT2D eigenvalue weighted by Crippen LogP contribution is -2.06. The highest BCUT2D eigenvalue weighted by Crippen LogP contribution is 2.43. The van der Waals surface area contributed by atoms with Gasteiger partial charge >= 0.3 is 0 Å². The van der Waals surface area contributed by atoms with E-state index in [0.717, 1.165) is 44.3 Å². The molecule has 0 fully saturated rings. The second kappa shape index (κ2) is 13.6. The fourth-order valence-corrected chi connectivity index (χ4v) is 9.82. The molecule has 10 aromatic carbocycles. The summed E-state index contributed by atoms with van der Waals surface area (Å²) >= 11 is 0. The van der Waals surface area contributed by atoms with E-state index in [4.69, 9.17) is 15.0 Å². The molecule has 0 atom stereocenters. The number of rotatable bonds is 5. The largest absolute Gasteiger partial charge is 0.309 e. The van der Waals surface area contributed by atoms with Crippen LogP contribution in [0.3, 0.4) is 0 Å². The summed E-state index contributed by atoms with van der Waals surface area (Å²) in [5.41, 5.74) is 9.71. The van der Waals surface area contributed by atoms with Gasteiger partial charge in [-0.1, -0.05) is 170 Å². The van der Waals surface area contributed by atoms with Gasteiger partial charge in [0.25, 0.3) is 0 Å². The lowest BCUT2D eigenvalue weighted by atomic mass is 9.92. The van der Waals surface area contributed by atoms with Crippen LogP contribution in [-0.2, 0) is 0 Å². The predicted octanol–water partition coefficient (Wildman–Crippen LogP) is 14.5. The molecule has 3 heterocycles. The van der Waals surface area contributed by atoms with Crippen molar-refractivity contribution in [1.29, 1.82) is 0 Å². The first-order valence-electron chi connectivity index (χ1n) is 21.0. The molecule has 0 N–H and O–H groups in total. The summed E-state index contributed by atoms with van der Waals surface area (Å²) in [6, 6.07) is 75.7. The maximum Gasteiger partial charge on any atom is 0.238 e. The highest BCUT2D eigenvalue weighted by molar-refractivity contribution is 6.29. The quantitative estimate of drug-likeness (QED) is 0.163. The molecule has 13 aromatic rings. The molecule has 0 amide bonds. The first-order chi connectivity index (χ1) is 30.8. The summed E-state index contributed by atoms with van der Waals surface area (Å²) in [5, 5.41) is 12.4. The van der Waals surface area contributed by atoms with Crippen LogP contribution in [-0.4, -0.2) is 24.1 Å². The van der Waals surface area contributed by atoms with E-state index in [0.29, 0.717) is 17.6 Å². The highest BCUT2D eigenvalue weighted by Gasteiger charge is 2.23. The molecular formula is C57H35N5. The second-order valence-electron chi connectivity index (χ2n) is 16.0. The van der Waals surface area contributed by atoms with E-state index < -0.39 is 0 Å². The second-order valence-corrected chi connectivity index (χ2v) is 16.0. The topological polar surface area (TPSA) is 48.5 Å². The summed E-state index contributed by atoms with van der Waals surface area (Å²) in [7, 11) is 0. The summed E-state index contributed by atoms with van der Waals surface area (Å²) in [5.74, 6) is 1.84. The molecule has 0 aliphatic heterocycles. The Balaban J connectivity index is 1.03. The SMILES string of the molecule is c1ccc(-c2nc(-c3ccccc3)nc(-n3c4ccccc4c4c5c6ccccc6n(-c6cccc(-c7ccc8c9ccccc9c9ccccc9c8c7)c6)c5ccc43)n2)cc1. The highest BCUT2D eigenvalue weighted by atomic mass is 15.2. The van der Waals surface area contributed by atoms with Crippen molar-refractivity contribution in [2.45, 2.75) is 0 Å². The van der Waals surface area contributed by atoms with Gasteiger partial charge < -0.3 is 4.57 Å². The smallest absolute Gasteiger partial charge is 0.238 e. The van der Waals surface area contributed by atoms with Crippen molar-refractivity contribution in [2.24, 2.45) is 0 Å². The molecule has 288 valence electrons. The molecule has 0 aliphatic rings. The third-order valence-corrected chi connectivity index (χ3v) is 12.5. The Morgan fingerprint density at radius 1 is 0.258 bits per heavy atom. The third kappa shape index (κ3) is 5.18. The van der Waals surface area contributed by atoms with Gasteiger partial charge in [0.1, 0.15) is 0 Å². The Hall–Kier alpha value is -8.41. The molecule has 0 saturated heterocycles. The maximum absolute atomic E-state index is 5.19. The van der Waals surface area contributed by atoms with E-state index in [1.54, 1.807) is 0 Å². The molecule has 62 heavy (non-hydrogen) atoms. The average molecular weight is 790 g/mol. The molecule has 0 spiro atoms. The van der Waals surface area contributed by atoms with Crippen molar-refractivity contribution in [2.75, 3.05) is 0 Å². The number of aromatic nitrogens is 5. The normalized spacial score (nSPS) is 11.9. The van der Waals surface area contributed by atoms with E-state index in [1.165, 1.54) is 59.6 Å². The Bertz CT molecular complexity index is 3830. The molecule has 0 saturated carbocycles. The van der Waals surface area contributed by atoms with Crippen molar-refractivity contribution >= 4 is 75.9 Å². The zero-order chi connectivity index (χ0) is 40.7. The first kappa shape index (κ1) is 34.5. The van der Waals surface area contributed by atoms with Crippen LogP contribution in [0.25, 0.3) is 121 Å². The molecule has 5 heteroatoms. The Kier molecular flexibility index (Phi) is 7.54. The van der Waals surface area contributed by atoms with Gasteiger partial charge in [0, 0.05) is 38.4 Å². The molecule has 0 unspecified atom stereocenters. The number of fused-ring (bicyclic) bond motifs is 13. The minimum Gasteiger partial charge on any atom is -0.309 e. The first-order valence-corrected chi connectivity index (χ1v) is 21.0. The van der Waals surface area contributed by atoms with Gasteiger partial charge in [-0.3, -0.25) is 4.57 Å². The van der Waals surface area contributed by atoms with Gasteiger partial charge in [0.05, 0.1) is 22.1 Å². The van der Waals surface area contributed by atoms with Crippen LogP contribution in [0.4, 0.5) is 0 Å². The summed E-state index contributed by atoms with van der Waals surface area (Å²) in [6.45, 7) is 0. The third-order valence-electron chi connectivity index (χ3n) is 12.5. The zero-order valence-corrected chi connectivity index (χ0v) is 33.4. The van der Waals surface area contributed by atoms with Crippen molar-refractivity contribution in [3.63, 3.8) is 0 Å². The van der Waals surface area contributed by atoms with Crippen molar-refractivity contribution in [3.05, 3.63) is 212 Å². The van der Waals surface area contributed by atoms with Gasteiger partial charge in [0.2, 0.25) is 5.95 Å². The monoisotopic (exact) mass is 789 g/mol. The van der Waals surface area contributed by atoms with E-state index in [2.05, 4.69) is 185 Å². The fraction of sp³-hybridized carbons (Fsp3) is 0. The Labute approximate surface area is 356 Å². The zero-order valence-electron chi connectivity index (χ0n) is 33.4. The maximum atomic E-state index is 5.19. The molecule has 0 aliphatic carbocycles. The number of hydrogen-bond acceptors (Lipinski definition) is 3. The Morgan fingerprint density at radius 3 is 1.27 bits per heavy atom. The number of para-hydroxylation sites is 2. The molecular weight excluding hydrogens is 755 g/mol. The van der Waals surface area contributed by atoms with E-state index >= 15 is 0 Å². The number of benzene rings is 10. The van der Waals surface area contributed by atoms with Crippen LogP contribution in [0.2, 0.25) is 0 Å². The van der Waals surface area contributed by atoms with Crippen LogP contribution < -0.4 is 0 Å².